The Morgan fingerprint density at radius 1 is 0.896 bits per heavy atom. The van der Waals surface area contributed by atoms with Gasteiger partial charge in [-0.2, -0.15) is 0 Å². The highest BCUT2D eigenvalue weighted by molar-refractivity contribution is 5.82. The molecular weight excluding hydrogens is 612 g/mol. The number of nitrogens with one attached hydrogen (secondary N) is 1. The van der Waals surface area contributed by atoms with Crippen molar-refractivity contribution in [2.75, 3.05) is 19.6 Å². The number of rotatable bonds is 7. The van der Waals surface area contributed by atoms with Gasteiger partial charge < -0.3 is 19.9 Å². The Morgan fingerprint density at radius 3 is 2.33 bits per heavy atom. The number of carboxylic acids is 1. The van der Waals surface area contributed by atoms with Gasteiger partial charge in [-0.25, -0.2) is 8.78 Å². The van der Waals surface area contributed by atoms with Crippen LogP contribution in [-0.4, -0.2) is 46.1 Å². The lowest BCUT2D eigenvalue weighted by Crippen LogP contribution is -2.40. The molecule has 1 saturated carbocycles. The highest BCUT2D eigenvalue weighted by Gasteiger charge is 2.33. The van der Waals surface area contributed by atoms with Gasteiger partial charge in [-0.05, 0) is 141 Å². The second kappa shape index (κ2) is 14.7. The molecule has 9 heteroatoms. The van der Waals surface area contributed by atoms with Gasteiger partial charge in [0.15, 0.2) is 0 Å². The van der Waals surface area contributed by atoms with Crippen LogP contribution in [0.3, 0.4) is 0 Å². The summed E-state index contributed by atoms with van der Waals surface area (Å²) in [6, 6.07) is 6.06. The predicted octanol–water partition coefficient (Wildman–Crippen LogP) is 7.31. The van der Waals surface area contributed by atoms with Crippen molar-refractivity contribution in [3.8, 4) is 11.1 Å². The van der Waals surface area contributed by atoms with E-state index >= 15 is 4.39 Å². The number of aryl methyl sites for hydroxylation is 3. The van der Waals surface area contributed by atoms with Gasteiger partial charge in [0.1, 0.15) is 17.7 Å². The van der Waals surface area contributed by atoms with E-state index in [1.807, 2.05) is 19.9 Å². The Hall–Kier alpha value is -3.85. The second-order valence-electron chi connectivity index (χ2n) is 14.2. The molecule has 3 heterocycles. The molecular formula is C39H47F2N3O4. The molecule has 2 bridgehead atoms. The zero-order chi connectivity index (χ0) is 33.9. The van der Waals surface area contributed by atoms with Crippen molar-refractivity contribution < 1.29 is 23.5 Å². The van der Waals surface area contributed by atoms with Gasteiger partial charge in [-0.1, -0.05) is 25.7 Å². The van der Waals surface area contributed by atoms with Crippen molar-refractivity contribution in [3.05, 3.63) is 91.9 Å². The van der Waals surface area contributed by atoms with Crippen LogP contribution in [0.1, 0.15) is 116 Å². The van der Waals surface area contributed by atoms with Crippen LogP contribution < -0.4 is 10.9 Å². The largest absolute Gasteiger partial charge is 0.481 e. The Labute approximate surface area is 281 Å². The van der Waals surface area contributed by atoms with Crippen molar-refractivity contribution >= 4 is 11.9 Å². The van der Waals surface area contributed by atoms with E-state index in [-0.39, 0.29) is 22.9 Å². The van der Waals surface area contributed by atoms with E-state index in [1.165, 1.54) is 17.1 Å². The lowest BCUT2D eigenvalue weighted by Gasteiger charge is -2.31. The summed E-state index contributed by atoms with van der Waals surface area (Å²) in [6.45, 7) is 6.78. The molecule has 1 aliphatic carbocycles. The molecule has 256 valence electrons. The fourth-order valence-electron chi connectivity index (χ4n) is 7.52. The predicted molar refractivity (Wildman–Crippen MR) is 182 cm³/mol. The molecule has 2 aliphatic heterocycles. The number of likely N-dealkylation sites (tertiary alicyclic amines) is 1. The fourth-order valence-corrected chi connectivity index (χ4v) is 7.52. The van der Waals surface area contributed by atoms with Crippen LogP contribution in [0.15, 0.2) is 41.3 Å². The van der Waals surface area contributed by atoms with E-state index < -0.39 is 36.2 Å². The van der Waals surface area contributed by atoms with E-state index in [0.29, 0.717) is 30.4 Å². The van der Waals surface area contributed by atoms with Crippen LogP contribution >= 0.6 is 0 Å². The summed E-state index contributed by atoms with van der Waals surface area (Å²) in [7, 11) is 0. The second-order valence-corrected chi connectivity index (χ2v) is 14.2. The number of halogens is 2. The van der Waals surface area contributed by atoms with Crippen LogP contribution in [0.5, 0.6) is 0 Å². The average molecular weight is 660 g/mol. The van der Waals surface area contributed by atoms with Crippen LogP contribution in [0.4, 0.5) is 8.78 Å². The summed E-state index contributed by atoms with van der Waals surface area (Å²) in [5.41, 5.74) is 5.33. The molecule has 2 fully saturated rings. The highest BCUT2D eigenvalue weighted by atomic mass is 19.1. The molecule has 2 aromatic carbocycles. The van der Waals surface area contributed by atoms with Crippen molar-refractivity contribution in [1.29, 1.82) is 0 Å². The molecule has 2 atom stereocenters. The molecule has 1 amide bonds. The minimum absolute atomic E-state index is 0.00764. The van der Waals surface area contributed by atoms with Crippen LogP contribution in [0, 0.1) is 25.5 Å². The van der Waals surface area contributed by atoms with E-state index in [4.69, 9.17) is 0 Å². The van der Waals surface area contributed by atoms with Crippen molar-refractivity contribution in [1.82, 2.24) is 14.8 Å². The first-order chi connectivity index (χ1) is 23.1. The average Bonchev–Trinajstić information content (AvgIpc) is 3.84. The first-order valence-corrected chi connectivity index (χ1v) is 17.7. The molecule has 1 saturated heterocycles. The quantitative estimate of drug-likeness (QED) is 0.278. The van der Waals surface area contributed by atoms with Crippen LogP contribution in [0.25, 0.3) is 11.1 Å². The number of hydrogen-bond acceptors (Lipinski definition) is 4. The number of benzene rings is 2. The maximum atomic E-state index is 16.4. The number of carbonyl (C=O) groups excluding carboxylic acids is 1. The molecule has 1 aromatic heterocycles. The number of aliphatic carboxylic acids is 1. The number of carboxylic acid groups (broad SMARTS) is 1. The molecule has 6 rings (SSSR count). The van der Waals surface area contributed by atoms with Crippen LogP contribution in [0.2, 0.25) is 0 Å². The number of carbonyl (C=O) groups is 2. The third kappa shape index (κ3) is 7.72. The van der Waals surface area contributed by atoms with E-state index in [2.05, 4.69) is 10.2 Å². The normalized spacial score (nSPS) is 20.9. The molecule has 48 heavy (non-hydrogen) atoms. The first-order valence-electron chi connectivity index (χ1n) is 17.7. The molecule has 0 radical (unpaired) electrons. The van der Waals surface area contributed by atoms with Crippen molar-refractivity contribution in [2.24, 2.45) is 0 Å². The lowest BCUT2D eigenvalue weighted by molar-refractivity contribution is -0.138. The van der Waals surface area contributed by atoms with E-state index in [1.54, 1.807) is 24.4 Å². The van der Waals surface area contributed by atoms with Gasteiger partial charge in [0, 0.05) is 24.4 Å². The Kier molecular flexibility index (Phi) is 10.4. The lowest BCUT2D eigenvalue weighted by atomic mass is 9.87. The maximum Gasteiger partial charge on any atom is 0.305 e. The number of nitrogens with zero attached hydrogens (tertiary/aromatic N) is 2. The minimum atomic E-state index is -1.18. The summed E-state index contributed by atoms with van der Waals surface area (Å²) in [6.07, 6.45) is 10.2. The van der Waals surface area contributed by atoms with Gasteiger partial charge in [-0.3, -0.25) is 14.4 Å². The molecule has 3 aliphatic rings. The topological polar surface area (TPSA) is 91.6 Å². The number of aromatic nitrogens is 1. The summed E-state index contributed by atoms with van der Waals surface area (Å²) in [5, 5.41) is 12.9. The number of amides is 1. The SMILES string of the molecule is Cc1cc(=O)n([C@H]2CCCCCCCc3cc(F)cc(C)c3-c3cc(C4CC4)c(F)c(c3)[C@H](CC(=O)O)NC2=O)cc1CCN1CCC1. The molecule has 3 aromatic rings. The zero-order valence-electron chi connectivity index (χ0n) is 28.1. The summed E-state index contributed by atoms with van der Waals surface area (Å²) < 4.78 is 32.6. The van der Waals surface area contributed by atoms with Gasteiger partial charge in [0.05, 0.1) is 12.5 Å². The minimum Gasteiger partial charge on any atom is -0.481 e. The third-order valence-electron chi connectivity index (χ3n) is 10.5. The number of pyridine rings is 1. The molecule has 0 spiro atoms. The Balaban J connectivity index is 1.43. The Morgan fingerprint density at radius 2 is 1.62 bits per heavy atom. The summed E-state index contributed by atoms with van der Waals surface area (Å²) >= 11 is 0. The highest BCUT2D eigenvalue weighted by Crippen LogP contribution is 2.45. The Bertz CT molecular complexity index is 1740. The van der Waals surface area contributed by atoms with Crippen molar-refractivity contribution in [3.63, 3.8) is 0 Å². The standard InChI is InChI=1S/C39H47F2N3O4/c1-24-18-35(45)44(23-28(24)13-16-43-14-8-15-43)34-10-7-5-3-4-6-9-27-19-30(40)17-25(2)37(27)29-20-31(26-11-12-26)38(41)32(21-29)33(22-36(46)47)42-39(34)48/h17-21,23,26,33-34H,3-16,22H2,1-2H3,(H,42,48)(H,46,47)/t33-,34-/m0/s1. The van der Waals surface area contributed by atoms with Gasteiger partial charge in [0.25, 0.3) is 5.56 Å². The van der Waals surface area contributed by atoms with E-state index in [9.17, 15) is 23.9 Å². The fraction of sp³-hybridized carbons (Fsp3) is 0.513. The first kappa shape index (κ1) is 34.0. The summed E-state index contributed by atoms with van der Waals surface area (Å²) in [5.74, 6) is -2.49. The van der Waals surface area contributed by atoms with Gasteiger partial charge >= 0.3 is 5.97 Å². The third-order valence-corrected chi connectivity index (χ3v) is 10.5. The number of hydrogen-bond donors (Lipinski definition) is 2. The van der Waals surface area contributed by atoms with Crippen LogP contribution in [-0.2, 0) is 22.4 Å². The van der Waals surface area contributed by atoms with Crippen molar-refractivity contribution in [2.45, 2.75) is 109 Å². The summed E-state index contributed by atoms with van der Waals surface area (Å²) in [4.78, 5) is 42.3. The molecule has 7 nitrogen and oxygen atoms in total. The molecule has 2 N–H and O–H groups in total. The smallest absolute Gasteiger partial charge is 0.305 e. The monoisotopic (exact) mass is 659 g/mol. The van der Waals surface area contributed by atoms with E-state index in [0.717, 1.165) is 92.4 Å². The van der Waals surface area contributed by atoms with Gasteiger partial charge in [-0.15, -0.1) is 0 Å². The number of fused-ring (bicyclic) bond motifs is 4. The van der Waals surface area contributed by atoms with Gasteiger partial charge in [0.2, 0.25) is 5.91 Å². The maximum absolute atomic E-state index is 16.4. The molecule has 0 unspecified atom stereocenters. The zero-order valence-corrected chi connectivity index (χ0v) is 28.1.